The van der Waals surface area contributed by atoms with E-state index in [1.54, 1.807) is 6.20 Å². The van der Waals surface area contributed by atoms with Crippen molar-refractivity contribution in [3.05, 3.63) is 47.5 Å². The molecule has 26 heavy (non-hydrogen) atoms. The zero-order valence-electron chi connectivity index (χ0n) is 15.7. The molecule has 0 saturated heterocycles. The second kappa shape index (κ2) is 7.44. The lowest BCUT2D eigenvalue weighted by molar-refractivity contribution is 0.684. The van der Waals surface area contributed by atoms with Crippen LogP contribution in [0.2, 0.25) is 0 Å². The van der Waals surface area contributed by atoms with Crippen molar-refractivity contribution in [1.82, 2.24) is 9.97 Å². The normalized spacial score (nSPS) is 14.7. The van der Waals surface area contributed by atoms with Gasteiger partial charge in [0, 0.05) is 19.3 Å². The van der Waals surface area contributed by atoms with Gasteiger partial charge in [0.25, 0.3) is 0 Å². The van der Waals surface area contributed by atoms with Gasteiger partial charge >= 0.3 is 0 Å². The van der Waals surface area contributed by atoms with Gasteiger partial charge in [-0.2, -0.15) is 5.26 Å². The van der Waals surface area contributed by atoms with E-state index in [4.69, 9.17) is 0 Å². The minimum absolute atomic E-state index is 0.485. The van der Waals surface area contributed by atoms with Crippen LogP contribution in [0.25, 0.3) is 5.57 Å². The number of para-hydroxylation sites is 2. The quantitative estimate of drug-likeness (QED) is 0.796. The van der Waals surface area contributed by atoms with Crippen molar-refractivity contribution in [2.24, 2.45) is 5.92 Å². The van der Waals surface area contributed by atoms with E-state index in [0.717, 1.165) is 35.8 Å². The summed E-state index contributed by atoms with van der Waals surface area (Å²) in [6.45, 7) is 9.80. The standard InChI is InChI=1S/C20H24N6/c1-5-26-17-9-7-6-8-16(17)24-19(26)15(10-21)18-14(4)12-23-20(25-18)22-11-13(2)3/h6-9,12-13,24H,5,11H2,1-4H3,(H,22,23,25)/b19-15+. The second-order valence-corrected chi connectivity index (χ2v) is 6.72. The number of fused-ring (bicyclic) bond motifs is 1. The molecule has 1 aliphatic rings. The van der Waals surface area contributed by atoms with Crippen LogP contribution in [0.4, 0.5) is 17.3 Å². The number of allylic oxidation sites excluding steroid dienone is 1. The van der Waals surface area contributed by atoms with Crippen molar-refractivity contribution in [1.29, 1.82) is 5.26 Å². The highest BCUT2D eigenvalue weighted by Gasteiger charge is 2.27. The van der Waals surface area contributed by atoms with Gasteiger partial charge in [0.2, 0.25) is 5.95 Å². The summed E-state index contributed by atoms with van der Waals surface area (Å²) in [6.07, 6.45) is 1.77. The number of nitrogens with zero attached hydrogens (tertiary/aromatic N) is 4. The van der Waals surface area contributed by atoms with Crippen molar-refractivity contribution < 1.29 is 0 Å². The minimum atomic E-state index is 0.485. The Morgan fingerprint density at radius 3 is 2.81 bits per heavy atom. The summed E-state index contributed by atoms with van der Waals surface area (Å²) in [7, 11) is 0. The maximum Gasteiger partial charge on any atom is 0.223 e. The average molecular weight is 348 g/mol. The van der Waals surface area contributed by atoms with Crippen LogP contribution in [0, 0.1) is 24.2 Å². The minimum Gasteiger partial charge on any atom is -0.354 e. The van der Waals surface area contributed by atoms with Crippen LogP contribution in [-0.2, 0) is 0 Å². The fourth-order valence-electron chi connectivity index (χ4n) is 2.95. The lowest BCUT2D eigenvalue weighted by Crippen LogP contribution is -2.22. The number of nitriles is 1. The van der Waals surface area contributed by atoms with Crippen LogP contribution in [0.1, 0.15) is 32.0 Å². The van der Waals surface area contributed by atoms with Gasteiger partial charge in [0.05, 0.1) is 17.1 Å². The van der Waals surface area contributed by atoms with Crippen molar-refractivity contribution in [3.8, 4) is 6.07 Å². The van der Waals surface area contributed by atoms with Gasteiger partial charge in [-0.1, -0.05) is 26.0 Å². The molecule has 0 atom stereocenters. The molecule has 1 aromatic carbocycles. The number of aryl methyl sites for hydroxylation is 1. The van der Waals surface area contributed by atoms with Crippen LogP contribution in [0.15, 0.2) is 36.3 Å². The Hall–Kier alpha value is -3.07. The molecule has 0 unspecified atom stereocenters. The topological polar surface area (TPSA) is 76.9 Å². The molecule has 3 rings (SSSR count). The fourth-order valence-corrected chi connectivity index (χ4v) is 2.95. The molecule has 2 aromatic rings. The highest BCUT2D eigenvalue weighted by molar-refractivity contribution is 5.91. The van der Waals surface area contributed by atoms with E-state index >= 15 is 0 Å². The molecule has 6 heteroatoms. The zero-order valence-corrected chi connectivity index (χ0v) is 15.7. The maximum atomic E-state index is 9.91. The number of rotatable bonds is 5. The van der Waals surface area contributed by atoms with Gasteiger partial charge in [0.1, 0.15) is 17.5 Å². The van der Waals surface area contributed by atoms with Crippen LogP contribution in [-0.4, -0.2) is 23.1 Å². The Morgan fingerprint density at radius 1 is 1.35 bits per heavy atom. The Balaban J connectivity index is 2.05. The first-order valence-corrected chi connectivity index (χ1v) is 8.91. The fraction of sp³-hybridized carbons (Fsp3) is 0.350. The number of hydrogen-bond acceptors (Lipinski definition) is 6. The summed E-state index contributed by atoms with van der Waals surface area (Å²) in [4.78, 5) is 11.1. The molecule has 1 aliphatic heterocycles. The molecule has 0 amide bonds. The second-order valence-electron chi connectivity index (χ2n) is 6.72. The first kappa shape index (κ1) is 17.7. The van der Waals surface area contributed by atoms with E-state index in [2.05, 4.69) is 58.4 Å². The largest absolute Gasteiger partial charge is 0.354 e. The summed E-state index contributed by atoms with van der Waals surface area (Å²) in [6, 6.07) is 10.4. The van der Waals surface area contributed by atoms with Gasteiger partial charge < -0.3 is 15.5 Å². The highest BCUT2D eigenvalue weighted by atomic mass is 15.3. The Labute approximate surface area is 154 Å². The Kier molecular flexibility index (Phi) is 5.08. The first-order valence-electron chi connectivity index (χ1n) is 8.91. The average Bonchev–Trinajstić information content (AvgIpc) is 3.00. The van der Waals surface area contributed by atoms with Crippen LogP contribution in [0.5, 0.6) is 0 Å². The van der Waals surface area contributed by atoms with E-state index in [1.807, 2.05) is 25.1 Å². The molecule has 0 saturated carbocycles. The van der Waals surface area contributed by atoms with Crippen molar-refractivity contribution >= 4 is 22.9 Å². The molecule has 1 aromatic heterocycles. The third-order valence-corrected chi connectivity index (χ3v) is 4.26. The SMILES string of the molecule is CCN1/C(=C(\C#N)c2nc(NCC(C)C)ncc2C)Nc2ccccc21. The van der Waals surface area contributed by atoms with E-state index in [-0.39, 0.29) is 0 Å². The third-order valence-electron chi connectivity index (χ3n) is 4.26. The number of benzene rings is 1. The molecular weight excluding hydrogens is 324 g/mol. The van der Waals surface area contributed by atoms with E-state index in [1.165, 1.54) is 0 Å². The molecule has 2 heterocycles. The first-order chi connectivity index (χ1) is 12.5. The van der Waals surface area contributed by atoms with Crippen molar-refractivity contribution in [3.63, 3.8) is 0 Å². The summed E-state index contributed by atoms with van der Waals surface area (Å²) in [5, 5.41) is 16.5. The van der Waals surface area contributed by atoms with Crippen LogP contribution < -0.4 is 15.5 Å². The molecule has 134 valence electrons. The number of nitrogens with one attached hydrogen (secondary N) is 2. The van der Waals surface area contributed by atoms with Gasteiger partial charge in [-0.25, -0.2) is 9.97 Å². The summed E-state index contributed by atoms with van der Waals surface area (Å²) < 4.78 is 0. The highest BCUT2D eigenvalue weighted by Crippen LogP contribution is 2.38. The molecule has 0 aliphatic carbocycles. The summed E-state index contributed by atoms with van der Waals surface area (Å²) in [5.74, 6) is 1.80. The van der Waals surface area contributed by atoms with Gasteiger partial charge in [0.15, 0.2) is 0 Å². The Morgan fingerprint density at radius 2 is 2.12 bits per heavy atom. The van der Waals surface area contributed by atoms with Crippen molar-refractivity contribution in [2.75, 3.05) is 28.6 Å². The smallest absolute Gasteiger partial charge is 0.223 e. The van der Waals surface area contributed by atoms with E-state index in [0.29, 0.717) is 23.1 Å². The number of anilines is 3. The molecule has 0 bridgehead atoms. The van der Waals surface area contributed by atoms with Gasteiger partial charge in [-0.3, -0.25) is 0 Å². The van der Waals surface area contributed by atoms with Crippen molar-refractivity contribution in [2.45, 2.75) is 27.7 Å². The molecule has 0 fully saturated rings. The van der Waals surface area contributed by atoms with Crippen LogP contribution >= 0.6 is 0 Å². The number of aromatic nitrogens is 2. The predicted molar refractivity (Wildman–Crippen MR) is 106 cm³/mol. The van der Waals surface area contributed by atoms with E-state index < -0.39 is 0 Å². The maximum absolute atomic E-state index is 9.91. The molecule has 0 spiro atoms. The van der Waals surface area contributed by atoms with Gasteiger partial charge in [-0.05, 0) is 37.5 Å². The predicted octanol–water partition coefficient (Wildman–Crippen LogP) is 4.00. The number of hydrogen-bond donors (Lipinski definition) is 2. The zero-order chi connectivity index (χ0) is 18.7. The van der Waals surface area contributed by atoms with E-state index in [9.17, 15) is 5.26 Å². The summed E-state index contributed by atoms with van der Waals surface area (Å²) in [5.41, 5.74) is 4.13. The lowest BCUT2D eigenvalue weighted by Gasteiger charge is -2.19. The summed E-state index contributed by atoms with van der Waals surface area (Å²) >= 11 is 0. The Bertz CT molecular complexity index is 878. The molecule has 0 radical (unpaired) electrons. The monoisotopic (exact) mass is 348 g/mol. The third kappa shape index (κ3) is 3.33. The molecule has 6 nitrogen and oxygen atoms in total. The van der Waals surface area contributed by atoms with Crippen LogP contribution in [0.3, 0.4) is 0 Å². The molecule has 2 N–H and O–H groups in total. The van der Waals surface area contributed by atoms with Gasteiger partial charge in [-0.15, -0.1) is 0 Å². The molecular formula is C20H24N6. The lowest BCUT2D eigenvalue weighted by atomic mass is 10.1.